The highest BCUT2D eigenvalue weighted by Gasteiger charge is 2.07. The van der Waals surface area contributed by atoms with Crippen molar-refractivity contribution in [1.82, 2.24) is 0 Å². The van der Waals surface area contributed by atoms with Crippen LogP contribution in [-0.4, -0.2) is 0 Å². The van der Waals surface area contributed by atoms with Crippen molar-refractivity contribution in [3.05, 3.63) is 35.2 Å². The molecule has 2 nitrogen and oxygen atoms in total. The minimum absolute atomic E-state index is 0. The van der Waals surface area contributed by atoms with E-state index in [1.54, 1.807) is 6.08 Å². The average Bonchev–Trinajstić information content (AvgIpc) is 2.36. The highest BCUT2D eigenvalue weighted by Crippen LogP contribution is 2.20. The highest BCUT2D eigenvalue weighted by atomic mass is 79.9. The smallest absolute Gasteiger partial charge is 0.169 e. The van der Waals surface area contributed by atoms with Gasteiger partial charge >= 0.3 is 0 Å². The second kappa shape index (κ2) is 5.41. The molecule has 0 saturated carbocycles. The van der Waals surface area contributed by atoms with Crippen LogP contribution in [0.15, 0.2) is 33.9 Å². The zero-order valence-electron chi connectivity index (χ0n) is 6.50. The van der Waals surface area contributed by atoms with E-state index in [9.17, 15) is 0 Å². The second-order valence-corrected chi connectivity index (χ2v) is 3.05. The maximum absolute atomic E-state index is 5.73. The fourth-order valence-electron chi connectivity index (χ4n) is 0.823. The lowest BCUT2D eigenvalue weighted by Gasteiger charge is -2.03. The zero-order valence-corrected chi connectivity index (χ0v) is 8.90. The molecule has 0 aromatic carbocycles. The topological polar surface area (TPSA) is 39.2 Å². The number of hydrogen-bond acceptors (Lipinski definition) is 2. The van der Waals surface area contributed by atoms with Crippen LogP contribution in [0.4, 0.5) is 0 Å². The SMILES string of the molecule is C=CC[C@H](N)c1ccc(Br)o1.Cl. The van der Waals surface area contributed by atoms with Crippen LogP contribution in [0.2, 0.25) is 0 Å². The molecule has 0 radical (unpaired) electrons. The molecule has 1 aromatic rings. The van der Waals surface area contributed by atoms with Crippen LogP contribution in [0.5, 0.6) is 0 Å². The van der Waals surface area contributed by atoms with Crippen molar-refractivity contribution in [2.24, 2.45) is 5.73 Å². The van der Waals surface area contributed by atoms with Gasteiger partial charge in [-0.2, -0.15) is 0 Å². The second-order valence-electron chi connectivity index (χ2n) is 2.27. The third-order valence-electron chi connectivity index (χ3n) is 1.38. The molecule has 1 aromatic heterocycles. The average molecular weight is 253 g/mol. The van der Waals surface area contributed by atoms with Crippen LogP contribution in [0.1, 0.15) is 18.2 Å². The highest BCUT2D eigenvalue weighted by molar-refractivity contribution is 9.10. The molecule has 0 spiro atoms. The van der Waals surface area contributed by atoms with Crippen LogP contribution in [0.25, 0.3) is 0 Å². The lowest BCUT2D eigenvalue weighted by atomic mass is 10.2. The Morgan fingerprint density at radius 2 is 2.33 bits per heavy atom. The molecule has 68 valence electrons. The molecule has 12 heavy (non-hydrogen) atoms. The first kappa shape index (κ1) is 11.8. The molecular weight excluding hydrogens is 241 g/mol. The van der Waals surface area contributed by atoms with E-state index in [1.165, 1.54) is 0 Å². The standard InChI is InChI=1S/C8H10BrNO.ClH/c1-2-3-6(10)7-4-5-8(9)11-7;/h2,4-6H,1,3,10H2;1H/t6-;/m0./s1. The number of halogens is 2. The van der Waals surface area contributed by atoms with Gasteiger partial charge in [0.1, 0.15) is 5.76 Å². The fourth-order valence-corrected chi connectivity index (χ4v) is 1.14. The van der Waals surface area contributed by atoms with Gasteiger partial charge in [-0.15, -0.1) is 19.0 Å². The summed E-state index contributed by atoms with van der Waals surface area (Å²) >= 11 is 3.20. The van der Waals surface area contributed by atoms with Gasteiger partial charge in [0, 0.05) is 0 Å². The Labute approximate surface area is 86.4 Å². The van der Waals surface area contributed by atoms with E-state index >= 15 is 0 Å². The van der Waals surface area contributed by atoms with Gasteiger partial charge in [0.05, 0.1) is 6.04 Å². The monoisotopic (exact) mass is 251 g/mol. The molecule has 0 aliphatic rings. The van der Waals surface area contributed by atoms with Crippen LogP contribution < -0.4 is 5.73 Å². The Hall–Kier alpha value is -0.250. The first-order valence-corrected chi connectivity index (χ1v) is 4.15. The minimum atomic E-state index is -0.0706. The van der Waals surface area contributed by atoms with Crippen LogP contribution in [0.3, 0.4) is 0 Å². The first-order chi connectivity index (χ1) is 5.24. The summed E-state index contributed by atoms with van der Waals surface area (Å²) in [4.78, 5) is 0. The van der Waals surface area contributed by atoms with Crippen LogP contribution in [-0.2, 0) is 0 Å². The zero-order chi connectivity index (χ0) is 8.27. The number of nitrogens with two attached hydrogens (primary N) is 1. The fraction of sp³-hybridized carbons (Fsp3) is 0.250. The van der Waals surface area contributed by atoms with E-state index in [4.69, 9.17) is 10.2 Å². The normalized spacial score (nSPS) is 11.8. The molecule has 0 saturated heterocycles. The molecule has 0 fully saturated rings. The van der Waals surface area contributed by atoms with Crippen LogP contribution >= 0.6 is 28.3 Å². The summed E-state index contributed by atoms with van der Waals surface area (Å²) in [6.07, 6.45) is 2.51. The van der Waals surface area contributed by atoms with Gasteiger partial charge in [-0.1, -0.05) is 6.08 Å². The van der Waals surface area contributed by atoms with E-state index in [1.807, 2.05) is 12.1 Å². The summed E-state index contributed by atoms with van der Waals surface area (Å²) in [6, 6.07) is 3.62. The summed E-state index contributed by atoms with van der Waals surface area (Å²) in [5.41, 5.74) is 5.73. The van der Waals surface area contributed by atoms with Crippen molar-refractivity contribution in [3.8, 4) is 0 Å². The van der Waals surface area contributed by atoms with Gasteiger partial charge in [-0.25, -0.2) is 0 Å². The quantitative estimate of drug-likeness (QED) is 0.840. The summed E-state index contributed by atoms with van der Waals surface area (Å²) < 4.78 is 5.96. The lowest BCUT2D eigenvalue weighted by Crippen LogP contribution is -2.07. The molecule has 0 unspecified atom stereocenters. The maximum atomic E-state index is 5.73. The molecule has 0 bridgehead atoms. The Balaban J connectivity index is 0.00000121. The maximum Gasteiger partial charge on any atom is 0.169 e. The third-order valence-corrected chi connectivity index (χ3v) is 1.81. The Kier molecular flexibility index (Phi) is 5.29. The molecular formula is C8H11BrClNO. The molecule has 1 heterocycles. The predicted octanol–water partition coefficient (Wildman–Crippen LogP) is 3.04. The van der Waals surface area contributed by atoms with Crippen molar-refractivity contribution in [2.45, 2.75) is 12.5 Å². The Bertz CT molecular complexity index is 249. The number of furan rings is 1. The van der Waals surface area contributed by atoms with Gasteiger partial charge < -0.3 is 10.2 Å². The van der Waals surface area contributed by atoms with Gasteiger partial charge in [-0.3, -0.25) is 0 Å². The number of hydrogen-bond donors (Lipinski definition) is 1. The predicted molar refractivity (Wildman–Crippen MR) is 55.4 cm³/mol. The molecule has 1 atom stereocenters. The van der Waals surface area contributed by atoms with E-state index in [2.05, 4.69) is 22.5 Å². The molecule has 2 N–H and O–H groups in total. The van der Waals surface area contributed by atoms with Crippen LogP contribution in [0, 0.1) is 0 Å². The Morgan fingerprint density at radius 1 is 1.67 bits per heavy atom. The van der Waals surface area contributed by atoms with Gasteiger partial charge in [0.2, 0.25) is 0 Å². The van der Waals surface area contributed by atoms with E-state index in [-0.39, 0.29) is 18.4 Å². The summed E-state index contributed by atoms with van der Waals surface area (Å²) in [5, 5.41) is 0. The van der Waals surface area contributed by atoms with Gasteiger partial charge in [0.25, 0.3) is 0 Å². The van der Waals surface area contributed by atoms with Crippen molar-refractivity contribution < 1.29 is 4.42 Å². The van der Waals surface area contributed by atoms with E-state index < -0.39 is 0 Å². The van der Waals surface area contributed by atoms with Crippen molar-refractivity contribution >= 4 is 28.3 Å². The minimum Gasteiger partial charge on any atom is -0.453 e. The van der Waals surface area contributed by atoms with E-state index in [0.29, 0.717) is 4.67 Å². The largest absolute Gasteiger partial charge is 0.453 e. The molecule has 0 aliphatic heterocycles. The summed E-state index contributed by atoms with van der Waals surface area (Å²) in [6.45, 7) is 3.60. The molecule has 4 heteroatoms. The first-order valence-electron chi connectivity index (χ1n) is 3.35. The van der Waals surface area contributed by atoms with Crippen molar-refractivity contribution in [2.75, 3.05) is 0 Å². The third kappa shape index (κ3) is 3.01. The van der Waals surface area contributed by atoms with Crippen molar-refractivity contribution in [3.63, 3.8) is 0 Å². The van der Waals surface area contributed by atoms with Gasteiger partial charge in [0.15, 0.2) is 4.67 Å². The lowest BCUT2D eigenvalue weighted by molar-refractivity contribution is 0.450. The molecule has 0 aliphatic carbocycles. The number of rotatable bonds is 3. The van der Waals surface area contributed by atoms with E-state index in [0.717, 1.165) is 12.2 Å². The summed E-state index contributed by atoms with van der Waals surface area (Å²) in [7, 11) is 0. The van der Waals surface area contributed by atoms with Crippen molar-refractivity contribution in [1.29, 1.82) is 0 Å². The Morgan fingerprint density at radius 3 is 2.75 bits per heavy atom. The van der Waals surface area contributed by atoms with Gasteiger partial charge in [-0.05, 0) is 34.5 Å². The molecule has 0 amide bonds. The summed E-state index contributed by atoms with van der Waals surface area (Å²) in [5.74, 6) is 0.789. The molecule has 1 rings (SSSR count).